The summed E-state index contributed by atoms with van der Waals surface area (Å²) in [6.07, 6.45) is 5.41. The van der Waals surface area contributed by atoms with Crippen LogP contribution in [0.2, 0.25) is 0 Å². The molecule has 3 fully saturated rings. The molecule has 23 heavy (non-hydrogen) atoms. The maximum absolute atomic E-state index is 12.5. The fraction of sp³-hybridized carbons (Fsp3) is 0.579. The second-order valence-electron chi connectivity index (χ2n) is 7.54. The third-order valence-corrected chi connectivity index (χ3v) is 5.95. The van der Waals surface area contributed by atoms with Crippen LogP contribution in [0.5, 0.6) is 0 Å². The van der Waals surface area contributed by atoms with E-state index in [9.17, 15) is 9.59 Å². The Kier molecular flexibility index (Phi) is 3.63. The van der Waals surface area contributed by atoms with E-state index >= 15 is 0 Å². The van der Waals surface area contributed by atoms with Gasteiger partial charge >= 0.3 is 0 Å². The number of hydrogen-bond donors (Lipinski definition) is 1. The molecule has 0 aromatic heterocycles. The Morgan fingerprint density at radius 2 is 1.96 bits per heavy atom. The summed E-state index contributed by atoms with van der Waals surface area (Å²) in [6.45, 7) is 2.62. The number of nitrogens with one attached hydrogen (secondary N) is 1. The lowest BCUT2D eigenvalue weighted by Gasteiger charge is -2.31. The number of carbonyl (C=O) groups excluding carboxylic acids is 2. The van der Waals surface area contributed by atoms with E-state index in [-0.39, 0.29) is 17.7 Å². The summed E-state index contributed by atoms with van der Waals surface area (Å²) in [4.78, 5) is 26.9. The third kappa shape index (κ3) is 2.75. The molecule has 4 unspecified atom stereocenters. The fourth-order valence-electron chi connectivity index (χ4n) is 4.70. The van der Waals surface area contributed by atoms with Crippen molar-refractivity contribution in [2.75, 3.05) is 11.9 Å². The summed E-state index contributed by atoms with van der Waals surface area (Å²) in [6, 6.07) is 8.20. The van der Waals surface area contributed by atoms with Crippen LogP contribution < -0.4 is 5.32 Å². The van der Waals surface area contributed by atoms with E-state index in [1.807, 2.05) is 36.1 Å². The van der Waals surface area contributed by atoms with Gasteiger partial charge in [0.05, 0.1) is 5.92 Å². The van der Waals surface area contributed by atoms with Crippen LogP contribution in [0.15, 0.2) is 24.3 Å². The molecular formula is C19H24N2O2. The second-order valence-corrected chi connectivity index (χ2v) is 7.54. The van der Waals surface area contributed by atoms with Crippen LogP contribution in [-0.2, 0) is 9.59 Å². The predicted octanol–water partition coefficient (Wildman–Crippen LogP) is 2.97. The second kappa shape index (κ2) is 5.66. The normalized spacial score (nSPS) is 32.6. The molecule has 1 saturated heterocycles. The number of hydrogen-bond acceptors (Lipinski definition) is 2. The first-order valence-corrected chi connectivity index (χ1v) is 8.77. The number of aryl methyl sites for hydroxylation is 1. The molecule has 3 aliphatic rings. The molecule has 4 rings (SSSR count). The van der Waals surface area contributed by atoms with Gasteiger partial charge in [0.1, 0.15) is 0 Å². The molecule has 0 spiro atoms. The Bertz CT molecular complexity index is 625. The summed E-state index contributed by atoms with van der Waals surface area (Å²) in [5.74, 6) is 1.45. The van der Waals surface area contributed by atoms with Gasteiger partial charge in [-0.15, -0.1) is 0 Å². The van der Waals surface area contributed by atoms with Crippen LogP contribution in [-0.4, -0.2) is 29.3 Å². The maximum atomic E-state index is 12.5. The van der Waals surface area contributed by atoms with Crippen molar-refractivity contribution in [3.8, 4) is 0 Å². The van der Waals surface area contributed by atoms with Crippen LogP contribution in [0.4, 0.5) is 5.69 Å². The lowest BCUT2D eigenvalue weighted by atomic mass is 9.94. The number of rotatable bonds is 3. The Hall–Kier alpha value is -1.84. The molecule has 1 heterocycles. The predicted molar refractivity (Wildman–Crippen MR) is 88.9 cm³/mol. The van der Waals surface area contributed by atoms with E-state index in [1.54, 1.807) is 0 Å². The molecule has 4 nitrogen and oxygen atoms in total. The first-order chi connectivity index (χ1) is 11.1. The number of likely N-dealkylation sites (tertiary alicyclic amines) is 1. The van der Waals surface area contributed by atoms with Gasteiger partial charge in [-0.05, 0) is 50.2 Å². The van der Waals surface area contributed by atoms with Crippen LogP contribution in [0.25, 0.3) is 0 Å². The van der Waals surface area contributed by atoms with Gasteiger partial charge in [0.15, 0.2) is 0 Å². The maximum Gasteiger partial charge on any atom is 0.229 e. The fourth-order valence-corrected chi connectivity index (χ4v) is 4.70. The molecular weight excluding hydrogens is 288 g/mol. The minimum atomic E-state index is -0.206. The smallest absolute Gasteiger partial charge is 0.229 e. The lowest BCUT2D eigenvalue weighted by molar-refractivity contribution is -0.130. The molecule has 2 aliphatic carbocycles. The van der Waals surface area contributed by atoms with Crippen molar-refractivity contribution < 1.29 is 9.59 Å². The minimum Gasteiger partial charge on any atom is -0.339 e. The van der Waals surface area contributed by atoms with Gasteiger partial charge in [0, 0.05) is 24.7 Å². The summed E-state index contributed by atoms with van der Waals surface area (Å²) >= 11 is 0. The molecule has 2 saturated carbocycles. The van der Waals surface area contributed by atoms with Crippen molar-refractivity contribution in [1.82, 2.24) is 4.90 Å². The zero-order valence-corrected chi connectivity index (χ0v) is 13.6. The Morgan fingerprint density at radius 1 is 1.17 bits per heavy atom. The van der Waals surface area contributed by atoms with E-state index in [0.29, 0.717) is 24.9 Å². The average Bonchev–Trinajstić information content (AvgIpc) is 3.24. The molecule has 1 N–H and O–H groups in total. The number of fused-ring (bicyclic) bond motifs is 2. The van der Waals surface area contributed by atoms with Crippen molar-refractivity contribution in [3.05, 3.63) is 29.8 Å². The zero-order chi connectivity index (χ0) is 16.0. The molecule has 4 atom stereocenters. The number of anilines is 1. The molecule has 1 aromatic rings. The van der Waals surface area contributed by atoms with Gasteiger partial charge in [0.2, 0.25) is 11.8 Å². The topological polar surface area (TPSA) is 49.4 Å². The number of carbonyl (C=O) groups is 2. The highest BCUT2D eigenvalue weighted by Crippen LogP contribution is 2.47. The van der Waals surface area contributed by atoms with E-state index < -0.39 is 0 Å². The molecule has 2 bridgehead atoms. The summed E-state index contributed by atoms with van der Waals surface area (Å²) in [5, 5.41) is 2.96. The SMILES string of the molecule is Cc1ccc(NC(=O)C2CC(=O)N(C3CC4CCC3C4)C2)cc1. The van der Waals surface area contributed by atoms with Gasteiger partial charge in [-0.3, -0.25) is 9.59 Å². The molecule has 4 heteroatoms. The summed E-state index contributed by atoms with van der Waals surface area (Å²) in [7, 11) is 0. The van der Waals surface area contributed by atoms with Crippen LogP contribution >= 0.6 is 0 Å². The Labute approximate surface area is 137 Å². The van der Waals surface area contributed by atoms with E-state index in [2.05, 4.69) is 5.32 Å². The summed E-state index contributed by atoms with van der Waals surface area (Å²) < 4.78 is 0. The standard InChI is InChI=1S/C19H24N2O2/c1-12-2-6-16(7-3-12)20-19(23)15-10-18(22)21(11-15)17-9-13-4-5-14(17)8-13/h2-3,6-7,13-15,17H,4-5,8-11H2,1H3,(H,20,23). The number of nitrogens with zero attached hydrogens (tertiary/aromatic N) is 1. The van der Waals surface area contributed by atoms with Gasteiger partial charge in [0.25, 0.3) is 0 Å². The van der Waals surface area contributed by atoms with Crippen molar-refractivity contribution in [2.45, 2.75) is 45.1 Å². The van der Waals surface area contributed by atoms with Gasteiger partial charge in [-0.1, -0.05) is 24.1 Å². The van der Waals surface area contributed by atoms with Crippen molar-refractivity contribution >= 4 is 17.5 Å². The van der Waals surface area contributed by atoms with E-state index in [4.69, 9.17) is 0 Å². The molecule has 1 aliphatic heterocycles. The molecule has 1 aromatic carbocycles. The average molecular weight is 312 g/mol. The largest absolute Gasteiger partial charge is 0.339 e. The third-order valence-electron chi connectivity index (χ3n) is 5.95. The minimum absolute atomic E-state index is 0.0205. The lowest BCUT2D eigenvalue weighted by Crippen LogP contribution is -2.40. The Balaban J connectivity index is 1.39. The van der Waals surface area contributed by atoms with Gasteiger partial charge in [-0.2, -0.15) is 0 Å². The van der Waals surface area contributed by atoms with Gasteiger partial charge < -0.3 is 10.2 Å². The molecule has 2 amide bonds. The number of benzene rings is 1. The monoisotopic (exact) mass is 312 g/mol. The summed E-state index contributed by atoms with van der Waals surface area (Å²) in [5.41, 5.74) is 1.98. The highest BCUT2D eigenvalue weighted by molar-refractivity contribution is 5.97. The van der Waals surface area contributed by atoms with Crippen molar-refractivity contribution in [3.63, 3.8) is 0 Å². The first-order valence-electron chi connectivity index (χ1n) is 8.77. The highest BCUT2D eigenvalue weighted by atomic mass is 16.2. The van der Waals surface area contributed by atoms with Crippen LogP contribution in [0.1, 0.15) is 37.7 Å². The first kappa shape index (κ1) is 14.7. The van der Waals surface area contributed by atoms with E-state index in [0.717, 1.165) is 18.0 Å². The quantitative estimate of drug-likeness (QED) is 0.933. The van der Waals surface area contributed by atoms with Gasteiger partial charge in [-0.25, -0.2) is 0 Å². The van der Waals surface area contributed by atoms with Crippen molar-refractivity contribution in [1.29, 1.82) is 0 Å². The number of amides is 2. The molecule has 0 radical (unpaired) electrons. The van der Waals surface area contributed by atoms with Crippen molar-refractivity contribution in [2.24, 2.45) is 17.8 Å². The molecule has 122 valence electrons. The Morgan fingerprint density at radius 3 is 2.61 bits per heavy atom. The van der Waals surface area contributed by atoms with Crippen LogP contribution in [0, 0.1) is 24.7 Å². The van der Waals surface area contributed by atoms with Crippen LogP contribution in [0.3, 0.4) is 0 Å². The zero-order valence-electron chi connectivity index (χ0n) is 13.6. The van der Waals surface area contributed by atoms with E-state index in [1.165, 1.54) is 24.8 Å². The highest BCUT2D eigenvalue weighted by Gasteiger charge is 2.47.